The van der Waals surface area contributed by atoms with E-state index in [-0.39, 0.29) is 34.9 Å². The van der Waals surface area contributed by atoms with Crippen molar-refractivity contribution < 1.29 is 19.1 Å². The van der Waals surface area contributed by atoms with Gasteiger partial charge < -0.3 is 10.1 Å². The summed E-state index contributed by atoms with van der Waals surface area (Å²) in [4.78, 5) is 36.9. The number of imide groups is 1. The zero-order valence-corrected chi connectivity index (χ0v) is 13.3. The lowest BCUT2D eigenvalue weighted by atomic mass is 9.89. The van der Waals surface area contributed by atoms with Gasteiger partial charge >= 0.3 is 6.09 Å². The Hall–Kier alpha value is -1.24. The molecular formula is C14H22N2O4S. The summed E-state index contributed by atoms with van der Waals surface area (Å²) >= 11 is 1.04. The van der Waals surface area contributed by atoms with E-state index in [0.29, 0.717) is 6.61 Å². The Morgan fingerprint density at radius 3 is 2.71 bits per heavy atom. The summed E-state index contributed by atoms with van der Waals surface area (Å²) in [5.74, 6) is 0.329. The number of alkyl carbamates (subject to hydrolysis) is 1. The monoisotopic (exact) mass is 314 g/mol. The normalized spacial score (nSPS) is 26.3. The lowest BCUT2D eigenvalue weighted by molar-refractivity contribution is -0.127. The summed E-state index contributed by atoms with van der Waals surface area (Å²) in [5, 5.41) is 2.63. The van der Waals surface area contributed by atoms with Gasteiger partial charge in [0.15, 0.2) is 0 Å². The van der Waals surface area contributed by atoms with Crippen LogP contribution in [0.5, 0.6) is 0 Å². The molecule has 1 aliphatic heterocycles. The topological polar surface area (TPSA) is 75.7 Å². The highest BCUT2D eigenvalue weighted by molar-refractivity contribution is 8.14. The summed E-state index contributed by atoms with van der Waals surface area (Å²) in [7, 11) is 0. The Morgan fingerprint density at radius 2 is 2.10 bits per heavy atom. The third kappa shape index (κ3) is 4.12. The first kappa shape index (κ1) is 16.1. The van der Waals surface area contributed by atoms with E-state index in [1.54, 1.807) is 0 Å². The Kier molecular flexibility index (Phi) is 5.50. The van der Waals surface area contributed by atoms with Crippen molar-refractivity contribution in [3.05, 3.63) is 0 Å². The maximum absolute atomic E-state index is 11.9. The van der Waals surface area contributed by atoms with Crippen molar-refractivity contribution in [2.24, 2.45) is 5.92 Å². The smallest absolute Gasteiger partial charge is 0.407 e. The number of rotatable bonds is 4. The van der Waals surface area contributed by atoms with E-state index in [9.17, 15) is 14.4 Å². The molecule has 1 N–H and O–H groups in total. The van der Waals surface area contributed by atoms with Crippen molar-refractivity contribution in [1.82, 2.24) is 10.2 Å². The zero-order valence-electron chi connectivity index (χ0n) is 12.5. The molecule has 0 aromatic rings. The number of thioether (sulfide) groups is 1. The summed E-state index contributed by atoms with van der Waals surface area (Å²) in [6, 6.07) is -0.439. The van der Waals surface area contributed by atoms with Crippen LogP contribution in [-0.2, 0) is 9.53 Å². The van der Waals surface area contributed by atoms with Crippen molar-refractivity contribution in [3.8, 4) is 0 Å². The largest absolute Gasteiger partial charge is 0.449 e. The Labute approximate surface area is 129 Å². The summed E-state index contributed by atoms with van der Waals surface area (Å²) in [6.07, 6.45) is 2.99. The predicted molar refractivity (Wildman–Crippen MR) is 80.1 cm³/mol. The van der Waals surface area contributed by atoms with E-state index >= 15 is 0 Å². The van der Waals surface area contributed by atoms with E-state index in [0.717, 1.165) is 37.4 Å². The van der Waals surface area contributed by atoms with Gasteiger partial charge in [-0.2, -0.15) is 0 Å². The van der Waals surface area contributed by atoms with Crippen LogP contribution in [-0.4, -0.2) is 46.6 Å². The minimum absolute atomic E-state index is 0.153. The third-order valence-electron chi connectivity index (χ3n) is 3.70. The van der Waals surface area contributed by atoms with Gasteiger partial charge in [-0.05, 0) is 18.8 Å². The first-order valence-corrected chi connectivity index (χ1v) is 8.39. The fourth-order valence-corrected chi connectivity index (χ4v) is 3.47. The standard InChI is InChI=1S/C14H22N2O4S/c1-9(2)7-20-13(18)15-10-5-3-4-6-11(10)16-12(17)8-21-14(16)19/h9-11H,3-8H2,1-2H3,(H,15,18). The number of ether oxygens (including phenoxy) is 1. The predicted octanol–water partition coefficient (Wildman–Crippen LogP) is 2.38. The zero-order chi connectivity index (χ0) is 15.4. The second kappa shape index (κ2) is 7.15. The molecule has 1 aliphatic carbocycles. The van der Waals surface area contributed by atoms with Gasteiger partial charge in [0.2, 0.25) is 5.91 Å². The molecule has 3 amide bonds. The molecule has 0 aromatic heterocycles. The molecule has 1 saturated heterocycles. The quantitative estimate of drug-likeness (QED) is 0.862. The number of carbonyl (C=O) groups excluding carboxylic acids is 3. The average Bonchev–Trinajstić information content (AvgIpc) is 2.77. The van der Waals surface area contributed by atoms with E-state index in [2.05, 4.69) is 5.32 Å². The molecule has 0 aromatic carbocycles. The fraction of sp³-hybridized carbons (Fsp3) is 0.786. The molecule has 2 fully saturated rings. The van der Waals surface area contributed by atoms with Crippen molar-refractivity contribution >= 4 is 29.0 Å². The van der Waals surface area contributed by atoms with Gasteiger partial charge in [-0.25, -0.2) is 4.79 Å². The molecule has 21 heavy (non-hydrogen) atoms. The number of hydrogen-bond acceptors (Lipinski definition) is 5. The van der Waals surface area contributed by atoms with Gasteiger partial charge in [0, 0.05) is 0 Å². The number of amides is 3. The average molecular weight is 314 g/mol. The van der Waals surface area contributed by atoms with Gasteiger partial charge in [-0.3, -0.25) is 14.5 Å². The number of nitrogens with zero attached hydrogens (tertiary/aromatic N) is 1. The van der Waals surface area contributed by atoms with E-state index in [1.807, 2.05) is 13.8 Å². The lowest BCUT2D eigenvalue weighted by Crippen LogP contribution is -2.54. The highest BCUT2D eigenvalue weighted by atomic mass is 32.2. The summed E-state index contributed by atoms with van der Waals surface area (Å²) < 4.78 is 5.13. The SMILES string of the molecule is CC(C)COC(=O)NC1CCCCC1N1C(=O)CSC1=O. The van der Waals surface area contributed by atoms with Crippen molar-refractivity contribution in [1.29, 1.82) is 0 Å². The molecule has 1 heterocycles. The first-order chi connectivity index (χ1) is 9.99. The second-order valence-electron chi connectivity index (χ2n) is 5.91. The molecule has 0 radical (unpaired) electrons. The molecule has 0 bridgehead atoms. The molecule has 1 saturated carbocycles. The number of carbonyl (C=O) groups is 3. The van der Waals surface area contributed by atoms with Crippen LogP contribution in [0.15, 0.2) is 0 Å². The molecule has 2 rings (SSSR count). The van der Waals surface area contributed by atoms with Crippen LogP contribution >= 0.6 is 11.8 Å². The molecule has 0 spiro atoms. The van der Waals surface area contributed by atoms with Crippen LogP contribution in [0, 0.1) is 5.92 Å². The molecular weight excluding hydrogens is 292 g/mol. The first-order valence-electron chi connectivity index (χ1n) is 7.41. The van der Waals surface area contributed by atoms with E-state index in [1.165, 1.54) is 4.90 Å². The van der Waals surface area contributed by atoms with Gasteiger partial charge in [-0.15, -0.1) is 0 Å². The molecule has 2 aliphatic rings. The maximum atomic E-state index is 11.9. The van der Waals surface area contributed by atoms with Gasteiger partial charge in [0.1, 0.15) is 0 Å². The third-order valence-corrected chi connectivity index (χ3v) is 4.53. The van der Waals surface area contributed by atoms with Crippen LogP contribution in [0.3, 0.4) is 0 Å². The Morgan fingerprint density at radius 1 is 1.38 bits per heavy atom. The highest BCUT2D eigenvalue weighted by Gasteiger charge is 2.41. The summed E-state index contributed by atoms with van der Waals surface area (Å²) in [5.41, 5.74) is 0. The fourth-order valence-electron chi connectivity index (χ4n) is 2.71. The van der Waals surface area contributed by atoms with Crippen LogP contribution in [0.4, 0.5) is 9.59 Å². The van der Waals surface area contributed by atoms with Gasteiger partial charge in [-0.1, -0.05) is 38.5 Å². The molecule has 6 nitrogen and oxygen atoms in total. The van der Waals surface area contributed by atoms with Gasteiger partial charge in [0.25, 0.3) is 5.24 Å². The van der Waals surface area contributed by atoms with E-state index < -0.39 is 6.09 Å². The van der Waals surface area contributed by atoms with Crippen molar-refractivity contribution in [3.63, 3.8) is 0 Å². The summed E-state index contributed by atoms with van der Waals surface area (Å²) in [6.45, 7) is 4.30. The molecule has 2 atom stereocenters. The lowest BCUT2D eigenvalue weighted by Gasteiger charge is -2.36. The highest BCUT2D eigenvalue weighted by Crippen LogP contribution is 2.30. The van der Waals surface area contributed by atoms with Crippen LogP contribution in [0.2, 0.25) is 0 Å². The second-order valence-corrected chi connectivity index (χ2v) is 6.84. The molecule has 7 heteroatoms. The van der Waals surface area contributed by atoms with Gasteiger partial charge in [0.05, 0.1) is 24.4 Å². The minimum atomic E-state index is -0.465. The Balaban J connectivity index is 1.97. The number of nitrogens with one attached hydrogen (secondary N) is 1. The van der Waals surface area contributed by atoms with Crippen LogP contribution in [0.1, 0.15) is 39.5 Å². The molecule has 118 valence electrons. The maximum Gasteiger partial charge on any atom is 0.407 e. The van der Waals surface area contributed by atoms with E-state index in [4.69, 9.17) is 4.74 Å². The number of hydrogen-bond donors (Lipinski definition) is 1. The Bertz CT molecular complexity index is 411. The minimum Gasteiger partial charge on any atom is -0.449 e. The van der Waals surface area contributed by atoms with Crippen molar-refractivity contribution in [2.75, 3.05) is 12.4 Å². The molecule has 2 unspecified atom stereocenters. The van der Waals surface area contributed by atoms with Crippen LogP contribution in [0.25, 0.3) is 0 Å². The van der Waals surface area contributed by atoms with Crippen LogP contribution < -0.4 is 5.32 Å². The van der Waals surface area contributed by atoms with Crippen molar-refractivity contribution in [2.45, 2.75) is 51.6 Å².